The highest BCUT2D eigenvalue weighted by molar-refractivity contribution is 7.26. The third kappa shape index (κ3) is 5.17. The van der Waals surface area contributed by atoms with E-state index < -0.39 is 0 Å². The normalized spacial score (nSPS) is 14.6. The second-order valence-corrected chi connectivity index (χ2v) is 14.3. The summed E-state index contributed by atoms with van der Waals surface area (Å²) >= 11 is 1.89. The fourth-order valence-electron chi connectivity index (χ4n) is 7.87. The van der Waals surface area contributed by atoms with Gasteiger partial charge in [0.05, 0.1) is 11.1 Å². The van der Waals surface area contributed by atoms with Gasteiger partial charge in [0.1, 0.15) is 11.2 Å². The van der Waals surface area contributed by atoms with Crippen molar-refractivity contribution in [1.29, 1.82) is 0 Å². The van der Waals surface area contributed by atoms with Gasteiger partial charge < -0.3 is 9.73 Å². The van der Waals surface area contributed by atoms with Crippen LogP contribution >= 0.6 is 11.3 Å². The van der Waals surface area contributed by atoms with Gasteiger partial charge in [0.2, 0.25) is 0 Å². The minimum Gasteiger partial charge on any atom is -0.456 e. The molecule has 9 aromatic rings. The molecule has 0 saturated carbocycles. The summed E-state index contributed by atoms with van der Waals surface area (Å²) in [5.41, 5.74) is 12.8. The first-order valence-electron chi connectivity index (χ1n) is 17.5. The van der Waals surface area contributed by atoms with E-state index in [9.17, 15) is 0 Å². The third-order valence-corrected chi connectivity index (χ3v) is 11.5. The summed E-state index contributed by atoms with van der Waals surface area (Å²) in [5, 5.41) is 8.71. The predicted octanol–water partition coefficient (Wildman–Crippen LogP) is 14.0. The lowest BCUT2D eigenvalue weighted by Gasteiger charge is -2.25. The van der Waals surface area contributed by atoms with Crippen LogP contribution in [-0.4, -0.2) is 0 Å². The first kappa shape index (κ1) is 29.7. The van der Waals surface area contributed by atoms with Crippen molar-refractivity contribution in [3.8, 4) is 11.1 Å². The van der Waals surface area contributed by atoms with E-state index in [-0.39, 0.29) is 5.92 Å². The summed E-state index contributed by atoms with van der Waals surface area (Å²) in [7, 11) is 0. The van der Waals surface area contributed by atoms with E-state index in [1.807, 2.05) is 29.5 Å². The first-order valence-corrected chi connectivity index (χ1v) is 18.3. The quantitative estimate of drug-likeness (QED) is 0.190. The number of rotatable bonds is 6. The molecule has 0 radical (unpaired) electrons. The molecule has 1 aliphatic rings. The van der Waals surface area contributed by atoms with Gasteiger partial charge in [-0.15, -0.1) is 11.3 Å². The Morgan fingerprint density at radius 3 is 2.18 bits per heavy atom. The van der Waals surface area contributed by atoms with Crippen LogP contribution in [0.25, 0.3) is 64.4 Å². The van der Waals surface area contributed by atoms with Crippen LogP contribution < -0.4 is 5.32 Å². The lowest BCUT2D eigenvalue weighted by Crippen LogP contribution is -2.06. The standard InChI is InChI=1S/C48H33NOS/c1-2-13-31(14-3-1)32-27-28-36(37-17-4-7-22-42(37)49-43-23-12-25-45-47(43)40-19-5-8-24-44(40)50-45)41(30-32)34-16-10-15-33(29-34)35-20-11-21-39-38-18-6-9-26-46(38)51-48(35)39/h1-29,32,49H,30H2. The van der Waals surface area contributed by atoms with Gasteiger partial charge in [-0.25, -0.2) is 0 Å². The predicted molar refractivity (Wildman–Crippen MR) is 218 cm³/mol. The number of para-hydroxylation sites is 2. The maximum absolute atomic E-state index is 6.24. The molecule has 10 rings (SSSR count). The summed E-state index contributed by atoms with van der Waals surface area (Å²) in [4.78, 5) is 0. The van der Waals surface area contributed by atoms with Crippen LogP contribution in [0.2, 0.25) is 0 Å². The smallest absolute Gasteiger partial charge is 0.137 e. The van der Waals surface area contributed by atoms with Gasteiger partial charge >= 0.3 is 0 Å². The van der Waals surface area contributed by atoms with E-state index in [0.717, 1.165) is 39.7 Å². The molecular formula is C48H33NOS. The monoisotopic (exact) mass is 671 g/mol. The van der Waals surface area contributed by atoms with E-state index in [1.165, 1.54) is 59.1 Å². The Bertz CT molecular complexity index is 2820. The van der Waals surface area contributed by atoms with Gasteiger partial charge in [-0.3, -0.25) is 0 Å². The highest BCUT2D eigenvalue weighted by Crippen LogP contribution is 2.45. The molecule has 1 aliphatic carbocycles. The highest BCUT2D eigenvalue weighted by atomic mass is 32.1. The molecular weight excluding hydrogens is 639 g/mol. The fraction of sp³-hybridized carbons (Fsp3) is 0.0417. The third-order valence-electron chi connectivity index (χ3n) is 10.3. The van der Waals surface area contributed by atoms with Crippen molar-refractivity contribution >= 4 is 76.0 Å². The van der Waals surface area contributed by atoms with Gasteiger partial charge in [0.25, 0.3) is 0 Å². The first-order chi connectivity index (χ1) is 25.3. The molecule has 1 unspecified atom stereocenters. The molecule has 7 aromatic carbocycles. The molecule has 3 heteroatoms. The largest absolute Gasteiger partial charge is 0.456 e. The molecule has 1 atom stereocenters. The number of fused-ring (bicyclic) bond motifs is 6. The fourth-order valence-corrected chi connectivity index (χ4v) is 9.10. The van der Waals surface area contributed by atoms with Crippen LogP contribution in [0.5, 0.6) is 0 Å². The van der Waals surface area contributed by atoms with Crippen molar-refractivity contribution in [2.45, 2.75) is 12.3 Å². The molecule has 2 heterocycles. The van der Waals surface area contributed by atoms with Crippen molar-refractivity contribution in [2.24, 2.45) is 0 Å². The summed E-state index contributed by atoms with van der Waals surface area (Å²) in [5.74, 6) is 0.283. The maximum atomic E-state index is 6.24. The van der Waals surface area contributed by atoms with E-state index in [2.05, 4.69) is 163 Å². The van der Waals surface area contributed by atoms with Crippen molar-refractivity contribution in [1.82, 2.24) is 0 Å². The zero-order valence-corrected chi connectivity index (χ0v) is 28.7. The van der Waals surface area contributed by atoms with Crippen LogP contribution in [0.15, 0.2) is 180 Å². The Morgan fingerprint density at radius 2 is 1.24 bits per heavy atom. The van der Waals surface area contributed by atoms with Crippen molar-refractivity contribution in [3.05, 3.63) is 193 Å². The van der Waals surface area contributed by atoms with E-state index >= 15 is 0 Å². The van der Waals surface area contributed by atoms with E-state index in [4.69, 9.17) is 4.42 Å². The molecule has 51 heavy (non-hydrogen) atoms. The van der Waals surface area contributed by atoms with Crippen molar-refractivity contribution < 1.29 is 4.42 Å². The number of hydrogen-bond acceptors (Lipinski definition) is 3. The summed E-state index contributed by atoms with van der Waals surface area (Å²) < 4.78 is 8.90. The van der Waals surface area contributed by atoms with Crippen LogP contribution in [0.4, 0.5) is 11.4 Å². The number of thiophene rings is 1. The van der Waals surface area contributed by atoms with Gasteiger partial charge in [-0.2, -0.15) is 0 Å². The lowest BCUT2D eigenvalue weighted by molar-refractivity contribution is 0.669. The molecule has 0 spiro atoms. The van der Waals surface area contributed by atoms with E-state index in [0.29, 0.717) is 0 Å². The number of allylic oxidation sites excluding steroid dienone is 4. The number of anilines is 2. The second-order valence-electron chi connectivity index (χ2n) is 13.3. The molecule has 0 amide bonds. The Kier molecular flexibility index (Phi) is 7.18. The Labute approximate surface area is 300 Å². The van der Waals surface area contributed by atoms with Gasteiger partial charge in [0, 0.05) is 42.7 Å². The average Bonchev–Trinajstić information content (AvgIpc) is 3.78. The Morgan fingerprint density at radius 1 is 0.549 bits per heavy atom. The maximum Gasteiger partial charge on any atom is 0.137 e. The van der Waals surface area contributed by atoms with Crippen molar-refractivity contribution in [3.63, 3.8) is 0 Å². The van der Waals surface area contributed by atoms with Crippen LogP contribution in [-0.2, 0) is 0 Å². The molecule has 242 valence electrons. The minimum absolute atomic E-state index is 0.283. The number of furan rings is 1. The van der Waals surface area contributed by atoms with Crippen molar-refractivity contribution in [2.75, 3.05) is 5.32 Å². The van der Waals surface area contributed by atoms with Gasteiger partial charge in [-0.05, 0) is 76.2 Å². The second kappa shape index (κ2) is 12.3. The molecule has 0 saturated heterocycles. The zero-order valence-electron chi connectivity index (χ0n) is 27.8. The summed E-state index contributed by atoms with van der Waals surface area (Å²) in [6.07, 6.45) is 5.64. The van der Waals surface area contributed by atoms with Crippen LogP contribution in [0.1, 0.15) is 29.0 Å². The molecule has 0 bridgehead atoms. The Hall–Kier alpha value is -6.16. The summed E-state index contributed by atoms with van der Waals surface area (Å²) in [6, 6.07) is 58.8. The van der Waals surface area contributed by atoms with Gasteiger partial charge in [0.15, 0.2) is 0 Å². The molecule has 1 N–H and O–H groups in total. The molecule has 0 fully saturated rings. The number of nitrogens with one attached hydrogen (secondary N) is 1. The lowest BCUT2D eigenvalue weighted by atomic mass is 9.79. The topological polar surface area (TPSA) is 25.2 Å². The minimum atomic E-state index is 0.283. The number of hydrogen-bond donors (Lipinski definition) is 1. The van der Waals surface area contributed by atoms with Gasteiger partial charge in [-0.1, -0.05) is 140 Å². The summed E-state index contributed by atoms with van der Waals surface area (Å²) in [6.45, 7) is 0. The zero-order chi connectivity index (χ0) is 33.7. The van der Waals surface area contributed by atoms with E-state index in [1.54, 1.807) is 0 Å². The average molecular weight is 672 g/mol. The Balaban J connectivity index is 1.13. The van der Waals surface area contributed by atoms with Crippen LogP contribution in [0, 0.1) is 0 Å². The molecule has 2 aromatic heterocycles. The number of benzene rings is 7. The molecule has 0 aliphatic heterocycles. The SMILES string of the molecule is C1=CC(c2ccccc2)CC(c2cccc(-c3cccc4c3sc3ccccc34)c2)=C1c1ccccc1Nc1cccc2oc3ccccc3c12. The van der Waals surface area contributed by atoms with Crippen LogP contribution in [0.3, 0.4) is 0 Å². The highest BCUT2D eigenvalue weighted by Gasteiger charge is 2.23. The molecule has 2 nitrogen and oxygen atoms in total.